The molecule has 0 heterocycles. The van der Waals surface area contributed by atoms with Gasteiger partial charge in [0.2, 0.25) is 0 Å². The molecule has 0 atom stereocenters. The summed E-state index contributed by atoms with van der Waals surface area (Å²) in [6.45, 7) is 7.19. The standard InChI is InChI=1S/C20H25NO.ClH/c1-13(2)19-11-20(22)14(3)8-17(19)12-21-18-9-15-6-4-5-7-16(15)10-18;/h4-8,11,13,18,21-22H,9-10,12H2,1-3H3;1H. The van der Waals surface area contributed by atoms with Gasteiger partial charge in [-0.05, 0) is 59.6 Å². The largest absolute Gasteiger partial charge is 0.508 e. The van der Waals surface area contributed by atoms with Crippen LogP contribution in [-0.2, 0) is 19.4 Å². The molecule has 0 saturated carbocycles. The van der Waals surface area contributed by atoms with Crippen LogP contribution in [-0.4, -0.2) is 11.1 Å². The van der Waals surface area contributed by atoms with Gasteiger partial charge in [0.25, 0.3) is 0 Å². The summed E-state index contributed by atoms with van der Waals surface area (Å²) in [7, 11) is 0. The molecule has 0 amide bonds. The Labute approximate surface area is 145 Å². The number of aromatic hydroxyl groups is 1. The molecule has 0 radical (unpaired) electrons. The monoisotopic (exact) mass is 331 g/mol. The zero-order valence-corrected chi connectivity index (χ0v) is 14.9. The van der Waals surface area contributed by atoms with Crippen molar-refractivity contribution in [3.63, 3.8) is 0 Å². The van der Waals surface area contributed by atoms with Gasteiger partial charge in [0, 0.05) is 12.6 Å². The fourth-order valence-corrected chi connectivity index (χ4v) is 3.42. The number of phenolic OH excluding ortho intramolecular Hbond substituents is 1. The molecule has 0 saturated heterocycles. The minimum atomic E-state index is 0. The number of aryl methyl sites for hydroxylation is 1. The zero-order valence-electron chi connectivity index (χ0n) is 14.1. The Hall–Kier alpha value is -1.51. The maximum atomic E-state index is 9.95. The first-order valence-electron chi connectivity index (χ1n) is 8.17. The number of halogens is 1. The van der Waals surface area contributed by atoms with Crippen molar-refractivity contribution < 1.29 is 5.11 Å². The van der Waals surface area contributed by atoms with Gasteiger partial charge in [0.05, 0.1) is 0 Å². The summed E-state index contributed by atoms with van der Waals surface area (Å²) >= 11 is 0. The molecule has 0 bridgehead atoms. The minimum Gasteiger partial charge on any atom is -0.508 e. The third-order valence-corrected chi connectivity index (χ3v) is 4.71. The van der Waals surface area contributed by atoms with Gasteiger partial charge in [0.15, 0.2) is 0 Å². The van der Waals surface area contributed by atoms with E-state index in [4.69, 9.17) is 0 Å². The molecule has 2 nitrogen and oxygen atoms in total. The number of hydrogen-bond donors (Lipinski definition) is 2. The van der Waals surface area contributed by atoms with Gasteiger partial charge in [-0.15, -0.1) is 12.4 Å². The molecule has 0 unspecified atom stereocenters. The van der Waals surface area contributed by atoms with Crippen molar-refractivity contribution in [1.82, 2.24) is 5.32 Å². The summed E-state index contributed by atoms with van der Waals surface area (Å²) in [6, 6.07) is 13.3. The van der Waals surface area contributed by atoms with Crippen molar-refractivity contribution in [3.8, 4) is 5.75 Å². The lowest BCUT2D eigenvalue weighted by Crippen LogP contribution is -2.29. The first kappa shape index (κ1) is 17.8. The molecule has 0 aromatic heterocycles. The molecule has 2 aromatic rings. The van der Waals surface area contributed by atoms with E-state index in [1.165, 1.54) is 22.3 Å². The van der Waals surface area contributed by atoms with E-state index >= 15 is 0 Å². The van der Waals surface area contributed by atoms with Gasteiger partial charge in [-0.1, -0.05) is 44.2 Å². The fourth-order valence-electron chi connectivity index (χ4n) is 3.42. The molecule has 2 aromatic carbocycles. The molecule has 124 valence electrons. The molecular formula is C20H26ClNO. The average molecular weight is 332 g/mol. The Kier molecular flexibility index (Phi) is 5.72. The lowest BCUT2D eigenvalue weighted by Gasteiger charge is -2.18. The number of rotatable bonds is 4. The summed E-state index contributed by atoms with van der Waals surface area (Å²) in [5.41, 5.74) is 6.46. The number of fused-ring (bicyclic) bond motifs is 1. The van der Waals surface area contributed by atoms with Crippen LogP contribution in [0.3, 0.4) is 0 Å². The van der Waals surface area contributed by atoms with Crippen LogP contribution in [0, 0.1) is 6.92 Å². The van der Waals surface area contributed by atoms with Gasteiger partial charge in [0.1, 0.15) is 5.75 Å². The molecular weight excluding hydrogens is 306 g/mol. The zero-order chi connectivity index (χ0) is 15.7. The second-order valence-corrected chi connectivity index (χ2v) is 6.75. The van der Waals surface area contributed by atoms with Crippen molar-refractivity contribution in [2.75, 3.05) is 0 Å². The van der Waals surface area contributed by atoms with E-state index in [2.05, 4.69) is 49.5 Å². The molecule has 1 aliphatic carbocycles. The fraction of sp³-hybridized carbons (Fsp3) is 0.400. The van der Waals surface area contributed by atoms with E-state index in [1.54, 1.807) is 0 Å². The summed E-state index contributed by atoms with van der Waals surface area (Å²) in [5, 5.41) is 13.7. The van der Waals surface area contributed by atoms with E-state index in [1.807, 2.05) is 13.0 Å². The number of benzene rings is 2. The second-order valence-electron chi connectivity index (χ2n) is 6.75. The average Bonchev–Trinajstić information content (AvgIpc) is 2.90. The quantitative estimate of drug-likeness (QED) is 0.864. The number of nitrogens with one attached hydrogen (secondary N) is 1. The Morgan fingerprint density at radius 2 is 1.74 bits per heavy atom. The molecule has 0 aliphatic heterocycles. The highest BCUT2D eigenvalue weighted by Crippen LogP contribution is 2.28. The highest BCUT2D eigenvalue weighted by atomic mass is 35.5. The van der Waals surface area contributed by atoms with E-state index < -0.39 is 0 Å². The normalized spacial score (nSPS) is 13.9. The topological polar surface area (TPSA) is 32.3 Å². The van der Waals surface area contributed by atoms with E-state index in [0.29, 0.717) is 17.7 Å². The minimum absolute atomic E-state index is 0. The smallest absolute Gasteiger partial charge is 0.118 e. The van der Waals surface area contributed by atoms with E-state index in [-0.39, 0.29) is 12.4 Å². The maximum absolute atomic E-state index is 9.95. The third kappa shape index (κ3) is 3.88. The van der Waals surface area contributed by atoms with Crippen LogP contribution in [0.15, 0.2) is 36.4 Å². The van der Waals surface area contributed by atoms with Gasteiger partial charge in [-0.25, -0.2) is 0 Å². The summed E-state index contributed by atoms with van der Waals surface area (Å²) < 4.78 is 0. The summed E-state index contributed by atoms with van der Waals surface area (Å²) in [5.74, 6) is 0.824. The van der Waals surface area contributed by atoms with Crippen LogP contribution in [0.4, 0.5) is 0 Å². The first-order valence-corrected chi connectivity index (χ1v) is 8.17. The highest BCUT2D eigenvalue weighted by molar-refractivity contribution is 5.85. The molecule has 3 rings (SSSR count). The molecule has 3 heteroatoms. The van der Waals surface area contributed by atoms with Crippen LogP contribution in [0.2, 0.25) is 0 Å². The van der Waals surface area contributed by atoms with Crippen LogP contribution in [0.1, 0.15) is 47.6 Å². The molecule has 23 heavy (non-hydrogen) atoms. The second kappa shape index (κ2) is 7.37. The molecule has 0 fully saturated rings. The van der Waals surface area contributed by atoms with Crippen molar-refractivity contribution in [3.05, 3.63) is 64.2 Å². The Morgan fingerprint density at radius 1 is 1.13 bits per heavy atom. The van der Waals surface area contributed by atoms with Crippen molar-refractivity contribution >= 4 is 12.4 Å². The molecule has 2 N–H and O–H groups in total. The van der Waals surface area contributed by atoms with Gasteiger partial charge in [-0.2, -0.15) is 0 Å². The molecule has 1 aliphatic rings. The predicted molar refractivity (Wildman–Crippen MR) is 98.7 cm³/mol. The van der Waals surface area contributed by atoms with Crippen LogP contribution in [0.25, 0.3) is 0 Å². The van der Waals surface area contributed by atoms with Gasteiger partial charge in [-0.3, -0.25) is 0 Å². The van der Waals surface area contributed by atoms with Crippen molar-refractivity contribution in [2.45, 2.75) is 52.1 Å². The van der Waals surface area contributed by atoms with Crippen LogP contribution >= 0.6 is 12.4 Å². The highest BCUT2D eigenvalue weighted by Gasteiger charge is 2.20. The SMILES string of the molecule is Cc1cc(CNC2Cc3ccccc3C2)c(C(C)C)cc1O.Cl. The Bertz CT molecular complexity index is 656. The van der Waals surface area contributed by atoms with Crippen LogP contribution < -0.4 is 5.32 Å². The number of phenols is 1. The maximum Gasteiger partial charge on any atom is 0.118 e. The van der Waals surface area contributed by atoms with E-state index in [9.17, 15) is 5.11 Å². The first-order chi connectivity index (χ1) is 10.5. The third-order valence-electron chi connectivity index (χ3n) is 4.71. The van der Waals surface area contributed by atoms with Crippen molar-refractivity contribution in [2.24, 2.45) is 0 Å². The summed E-state index contributed by atoms with van der Waals surface area (Å²) in [4.78, 5) is 0. The van der Waals surface area contributed by atoms with Crippen LogP contribution in [0.5, 0.6) is 5.75 Å². The van der Waals surface area contributed by atoms with E-state index in [0.717, 1.165) is 24.9 Å². The van der Waals surface area contributed by atoms with Crippen molar-refractivity contribution in [1.29, 1.82) is 0 Å². The predicted octanol–water partition coefficient (Wildman–Crippen LogP) is 4.50. The number of hydrogen-bond acceptors (Lipinski definition) is 2. The van der Waals surface area contributed by atoms with Gasteiger partial charge >= 0.3 is 0 Å². The lowest BCUT2D eigenvalue weighted by atomic mass is 9.94. The summed E-state index contributed by atoms with van der Waals surface area (Å²) in [6.07, 6.45) is 2.23. The Balaban J connectivity index is 0.00000192. The van der Waals surface area contributed by atoms with Gasteiger partial charge < -0.3 is 10.4 Å². The Morgan fingerprint density at radius 3 is 2.30 bits per heavy atom. The molecule has 0 spiro atoms. The lowest BCUT2D eigenvalue weighted by molar-refractivity contribution is 0.468.